The van der Waals surface area contributed by atoms with Crippen LogP contribution >= 0.6 is 0 Å². The molecular weight excluding hydrogens is 431 g/mol. The van der Waals surface area contributed by atoms with Gasteiger partial charge in [-0.05, 0) is 24.3 Å². The maximum atomic E-state index is 14.4. The van der Waals surface area contributed by atoms with E-state index in [2.05, 4.69) is 20.3 Å². The zero-order valence-corrected chi connectivity index (χ0v) is 16.5. The summed E-state index contributed by atoms with van der Waals surface area (Å²) >= 11 is 0. The fraction of sp³-hybridized carbons (Fsp3) is 0.286. The first kappa shape index (κ1) is 20.4. The number of nitrogens with one attached hydrogen (secondary N) is 1. The van der Waals surface area contributed by atoms with Crippen molar-refractivity contribution in [3.05, 3.63) is 60.1 Å². The highest BCUT2D eigenvalue weighted by Gasteiger charge is 2.37. The normalized spacial score (nSPS) is 18.9. The quantitative estimate of drug-likeness (QED) is 0.452. The van der Waals surface area contributed by atoms with Crippen LogP contribution in [0.5, 0.6) is 0 Å². The van der Waals surface area contributed by atoms with Crippen LogP contribution in [0.1, 0.15) is 18.0 Å². The Balaban J connectivity index is 1.54. The molecule has 0 unspecified atom stereocenters. The van der Waals surface area contributed by atoms with Crippen LogP contribution in [0.15, 0.2) is 42.9 Å². The molecule has 166 valence electrons. The van der Waals surface area contributed by atoms with E-state index in [-0.39, 0.29) is 18.5 Å². The lowest BCUT2D eigenvalue weighted by Gasteiger charge is -2.25. The van der Waals surface area contributed by atoms with Gasteiger partial charge >= 0.3 is 0 Å². The van der Waals surface area contributed by atoms with Gasteiger partial charge in [0.1, 0.15) is 24.4 Å². The number of hydrogen-bond donors (Lipinski definition) is 1. The molecule has 4 heterocycles. The van der Waals surface area contributed by atoms with E-state index in [0.29, 0.717) is 28.0 Å². The summed E-state index contributed by atoms with van der Waals surface area (Å²) in [6, 6.07) is 4.09. The number of benzene rings is 1. The predicted octanol–water partition coefficient (Wildman–Crippen LogP) is 4.65. The molecule has 6 nitrogen and oxygen atoms in total. The van der Waals surface area contributed by atoms with Crippen molar-refractivity contribution in [3.63, 3.8) is 0 Å². The van der Waals surface area contributed by atoms with Crippen LogP contribution in [0.4, 0.5) is 27.8 Å². The van der Waals surface area contributed by atoms with Crippen molar-refractivity contribution in [1.29, 1.82) is 0 Å². The van der Waals surface area contributed by atoms with Gasteiger partial charge in [0.05, 0.1) is 24.2 Å². The lowest BCUT2D eigenvalue weighted by atomic mass is 10.0. The van der Waals surface area contributed by atoms with E-state index < -0.39 is 36.8 Å². The van der Waals surface area contributed by atoms with E-state index in [9.17, 15) is 22.0 Å². The van der Waals surface area contributed by atoms with Crippen LogP contribution < -0.4 is 4.90 Å². The topological polar surface area (TPSA) is 62.6 Å². The third kappa shape index (κ3) is 3.67. The summed E-state index contributed by atoms with van der Waals surface area (Å²) in [5.74, 6) is -0.885. The summed E-state index contributed by atoms with van der Waals surface area (Å²) in [6.45, 7) is -0.573. The molecule has 1 fully saturated rings. The Labute approximate surface area is 178 Å². The van der Waals surface area contributed by atoms with Gasteiger partial charge in [-0.3, -0.25) is 9.78 Å². The Morgan fingerprint density at radius 1 is 1.12 bits per heavy atom. The van der Waals surface area contributed by atoms with Gasteiger partial charge in [-0.2, -0.15) is 10.2 Å². The molecule has 1 saturated heterocycles. The second kappa shape index (κ2) is 7.88. The number of nitrogens with zero attached hydrogens (tertiary/aromatic N) is 5. The van der Waals surface area contributed by atoms with E-state index in [0.717, 1.165) is 22.9 Å². The fourth-order valence-corrected chi connectivity index (χ4v) is 4.10. The highest BCUT2D eigenvalue weighted by atomic mass is 19.3. The minimum atomic E-state index is -2.53. The number of hydrogen-bond acceptors (Lipinski definition) is 4. The van der Waals surface area contributed by atoms with Crippen molar-refractivity contribution in [1.82, 2.24) is 25.0 Å². The number of aromatic nitrogens is 5. The van der Waals surface area contributed by atoms with E-state index in [1.54, 1.807) is 17.2 Å². The summed E-state index contributed by atoms with van der Waals surface area (Å²) in [5.41, 5.74) is 1.65. The van der Waals surface area contributed by atoms with Gasteiger partial charge in [-0.15, -0.1) is 0 Å². The van der Waals surface area contributed by atoms with Gasteiger partial charge in [0.25, 0.3) is 6.43 Å². The maximum Gasteiger partial charge on any atom is 0.257 e. The van der Waals surface area contributed by atoms with Crippen molar-refractivity contribution in [2.75, 3.05) is 11.4 Å². The molecule has 1 N–H and O–H groups in total. The number of anilines is 1. The largest absolute Gasteiger partial charge is 0.344 e. The Kier molecular flexibility index (Phi) is 5.03. The van der Waals surface area contributed by atoms with E-state index in [4.69, 9.17) is 0 Å². The van der Waals surface area contributed by atoms with Crippen LogP contribution in [0, 0.1) is 11.6 Å². The predicted molar refractivity (Wildman–Crippen MR) is 107 cm³/mol. The van der Waals surface area contributed by atoms with Crippen LogP contribution in [0.25, 0.3) is 22.2 Å². The summed E-state index contributed by atoms with van der Waals surface area (Å²) in [6.07, 6.45) is 0.671. The molecule has 0 aliphatic carbocycles. The number of fused-ring (bicyclic) bond motifs is 1. The number of H-pyrrole nitrogens is 1. The third-order valence-electron chi connectivity index (χ3n) is 5.53. The van der Waals surface area contributed by atoms with Gasteiger partial charge in [0, 0.05) is 35.5 Å². The zero-order valence-electron chi connectivity index (χ0n) is 16.5. The number of alkyl halides is 3. The van der Waals surface area contributed by atoms with Gasteiger partial charge in [0.2, 0.25) is 0 Å². The van der Waals surface area contributed by atoms with Gasteiger partial charge in [0.15, 0.2) is 11.5 Å². The highest BCUT2D eigenvalue weighted by molar-refractivity contribution is 5.91. The summed E-state index contributed by atoms with van der Waals surface area (Å²) < 4.78 is 69.0. The minimum absolute atomic E-state index is 0.0117. The molecule has 4 aromatic rings. The zero-order chi connectivity index (χ0) is 22.4. The number of pyridine rings is 1. The molecule has 0 spiro atoms. The first-order chi connectivity index (χ1) is 15.4. The van der Waals surface area contributed by atoms with Crippen LogP contribution in [-0.2, 0) is 6.54 Å². The molecule has 32 heavy (non-hydrogen) atoms. The molecule has 0 amide bonds. The molecule has 1 aliphatic rings. The smallest absolute Gasteiger partial charge is 0.257 e. The Hall–Kier alpha value is -3.50. The highest BCUT2D eigenvalue weighted by Crippen LogP contribution is 2.40. The first-order valence-corrected chi connectivity index (χ1v) is 9.90. The summed E-state index contributed by atoms with van der Waals surface area (Å²) in [5, 5.41) is 11.5. The average Bonchev–Trinajstić information content (AvgIpc) is 3.47. The first-order valence-electron chi connectivity index (χ1n) is 9.90. The molecule has 2 atom stereocenters. The molecule has 1 aromatic carbocycles. The molecule has 1 aliphatic heterocycles. The van der Waals surface area contributed by atoms with Gasteiger partial charge in [-0.25, -0.2) is 26.9 Å². The minimum Gasteiger partial charge on any atom is -0.344 e. The summed E-state index contributed by atoms with van der Waals surface area (Å²) in [4.78, 5) is 5.90. The molecule has 0 radical (unpaired) electrons. The maximum absolute atomic E-state index is 14.4. The summed E-state index contributed by atoms with van der Waals surface area (Å²) in [7, 11) is 0. The molecule has 0 saturated carbocycles. The third-order valence-corrected chi connectivity index (χ3v) is 5.53. The Bertz CT molecular complexity index is 1270. The Morgan fingerprint density at radius 3 is 2.78 bits per heavy atom. The fourth-order valence-electron chi connectivity index (χ4n) is 4.10. The molecular formula is C21H17F5N6. The van der Waals surface area contributed by atoms with Crippen LogP contribution in [0.2, 0.25) is 0 Å². The molecule has 0 bridgehead atoms. The second-order valence-electron chi connectivity index (χ2n) is 7.68. The van der Waals surface area contributed by atoms with E-state index in [1.165, 1.54) is 12.4 Å². The molecule has 3 aromatic heterocycles. The van der Waals surface area contributed by atoms with Crippen molar-refractivity contribution >= 4 is 16.9 Å². The Morgan fingerprint density at radius 2 is 1.97 bits per heavy atom. The monoisotopic (exact) mass is 448 g/mol. The van der Waals surface area contributed by atoms with Crippen molar-refractivity contribution in [2.24, 2.45) is 0 Å². The number of aromatic amines is 1. The van der Waals surface area contributed by atoms with Crippen molar-refractivity contribution < 1.29 is 22.0 Å². The second-order valence-corrected chi connectivity index (χ2v) is 7.68. The lowest BCUT2D eigenvalue weighted by Crippen LogP contribution is -2.25. The lowest BCUT2D eigenvalue weighted by molar-refractivity contribution is 0.122. The van der Waals surface area contributed by atoms with Crippen molar-refractivity contribution in [3.8, 4) is 11.1 Å². The average molecular weight is 448 g/mol. The molecule has 11 heteroatoms. The molecule has 5 rings (SSSR count). The van der Waals surface area contributed by atoms with Crippen LogP contribution in [0.3, 0.4) is 0 Å². The number of rotatable bonds is 5. The number of halogens is 5. The van der Waals surface area contributed by atoms with E-state index >= 15 is 0 Å². The van der Waals surface area contributed by atoms with Gasteiger partial charge in [-0.1, -0.05) is 0 Å². The van der Waals surface area contributed by atoms with Gasteiger partial charge < -0.3 is 4.90 Å². The van der Waals surface area contributed by atoms with Crippen molar-refractivity contribution in [2.45, 2.75) is 31.6 Å². The SMILES string of the molecule is Fc1ccc(F)c([C@H]2C[C@H](F)CN2c2n[nH]c3ncc(-c4cnn(CC(F)F)c4)cc23)c1. The standard InChI is InChI=1S/C21H17F5N6/c22-13-1-2-17(24)15(4-13)18-5-14(23)9-32(18)21-16-3-11(6-27-20(16)29-30-21)12-7-28-31(8-12)10-19(25)26/h1-4,6-8,14,18-19H,5,9-10H2,(H,27,29,30)/t14-,18+/m0/s1. The van der Waals surface area contributed by atoms with Crippen LogP contribution in [-0.4, -0.2) is 44.1 Å². The van der Waals surface area contributed by atoms with E-state index in [1.807, 2.05) is 0 Å².